The summed E-state index contributed by atoms with van der Waals surface area (Å²) >= 11 is 0. The van der Waals surface area contributed by atoms with E-state index < -0.39 is 0 Å². The highest BCUT2D eigenvalue weighted by Crippen LogP contribution is 2.40. The average molecular weight is 260 g/mol. The van der Waals surface area contributed by atoms with Crippen LogP contribution in [0.3, 0.4) is 0 Å². The Kier molecular flexibility index (Phi) is 4.32. The number of hydrogen-bond acceptors (Lipinski definition) is 2. The van der Waals surface area contributed by atoms with Crippen molar-refractivity contribution >= 4 is 0 Å². The molecule has 0 radical (unpaired) electrons. The normalized spacial score (nSPS) is 17.8. The van der Waals surface area contributed by atoms with Crippen molar-refractivity contribution in [3.63, 3.8) is 0 Å². The van der Waals surface area contributed by atoms with Gasteiger partial charge in [0.1, 0.15) is 0 Å². The van der Waals surface area contributed by atoms with Gasteiger partial charge in [-0.1, -0.05) is 45.0 Å². The summed E-state index contributed by atoms with van der Waals surface area (Å²) in [6.45, 7) is 8.54. The molecule has 1 saturated carbocycles. The van der Waals surface area contributed by atoms with E-state index in [1.165, 1.54) is 24.0 Å². The number of hydrogen-bond donors (Lipinski definition) is 1. The van der Waals surface area contributed by atoms with Gasteiger partial charge in [-0.2, -0.15) is 0 Å². The Labute approximate surface area is 118 Å². The molecule has 19 heavy (non-hydrogen) atoms. The summed E-state index contributed by atoms with van der Waals surface area (Å²) in [5.74, 6) is 0.831. The van der Waals surface area contributed by atoms with E-state index in [1.807, 2.05) is 0 Å². The summed E-state index contributed by atoms with van der Waals surface area (Å²) in [5, 5.41) is 0. The van der Waals surface area contributed by atoms with Crippen molar-refractivity contribution in [1.29, 1.82) is 0 Å². The van der Waals surface area contributed by atoms with Gasteiger partial charge in [0.15, 0.2) is 0 Å². The zero-order valence-electron chi connectivity index (χ0n) is 12.8. The molecule has 1 aromatic rings. The monoisotopic (exact) mass is 260 g/mol. The van der Waals surface area contributed by atoms with Crippen molar-refractivity contribution in [2.24, 2.45) is 11.1 Å². The van der Waals surface area contributed by atoms with Crippen LogP contribution in [-0.2, 0) is 0 Å². The van der Waals surface area contributed by atoms with Crippen LogP contribution in [0.2, 0.25) is 0 Å². The zero-order valence-corrected chi connectivity index (χ0v) is 12.8. The maximum Gasteiger partial charge on any atom is 0.0467 e. The molecule has 0 saturated heterocycles. The topological polar surface area (TPSA) is 29.3 Å². The highest BCUT2D eigenvalue weighted by molar-refractivity contribution is 5.29. The van der Waals surface area contributed by atoms with Gasteiger partial charge in [0, 0.05) is 19.1 Å². The number of benzene rings is 1. The Bertz CT molecular complexity index is 398. The van der Waals surface area contributed by atoms with E-state index in [0.717, 1.165) is 12.5 Å². The summed E-state index contributed by atoms with van der Waals surface area (Å²) in [4.78, 5) is 2.38. The fraction of sp³-hybridized carbons (Fsp3) is 0.647. The van der Waals surface area contributed by atoms with Gasteiger partial charge in [-0.3, -0.25) is 4.90 Å². The van der Waals surface area contributed by atoms with Gasteiger partial charge in [-0.25, -0.2) is 0 Å². The quantitative estimate of drug-likeness (QED) is 0.877. The number of nitrogens with zero attached hydrogens (tertiary/aromatic N) is 1. The highest BCUT2D eigenvalue weighted by Gasteiger charge is 2.24. The van der Waals surface area contributed by atoms with Crippen molar-refractivity contribution in [3.8, 4) is 0 Å². The first-order valence-electron chi connectivity index (χ1n) is 7.41. The second kappa shape index (κ2) is 5.64. The molecule has 0 aromatic heterocycles. The lowest BCUT2D eigenvalue weighted by Gasteiger charge is -2.33. The van der Waals surface area contributed by atoms with Crippen LogP contribution in [0.1, 0.15) is 56.7 Å². The fourth-order valence-corrected chi connectivity index (χ4v) is 2.84. The van der Waals surface area contributed by atoms with E-state index in [1.54, 1.807) is 0 Å². The summed E-state index contributed by atoms with van der Waals surface area (Å²) in [6, 6.07) is 9.45. The van der Waals surface area contributed by atoms with Gasteiger partial charge in [-0.05, 0) is 42.3 Å². The fourth-order valence-electron chi connectivity index (χ4n) is 2.84. The van der Waals surface area contributed by atoms with Gasteiger partial charge in [-0.15, -0.1) is 0 Å². The predicted octanol–water partition coefficient (Wildman–Crippen LogP) is 3.54. The molecule has 1 unspecified atom stereocenters. The lowest BCUT2D eigenvalue weighted by Crippen LogP contribution is -2.36. The van der Waals surface area contributed by atoms with Crippen LogP contribution in [0.5, 0.6) is 0 Å². The second-order valence-electron chi connectivity index (χ2n) is 7.17. The Morgan fingerprint density at radius 2 is 1.79 bits per heavy atom. The summed E-state index contributed by atoms with van der Waals surface area (Å²) in [7, 11) is 2.18. The molecule has 2 rings (SSSR count). The van der Waals surface area contributed by atoms with E-state index >= 15 is 0 Å². The van der Waals surface area contributed by atoms with Crippen LogP contribution in [0.25, 0.3) is 0 Å². The second-order valence-corrected chi connectivity index (χ2v) is 7.17. The molecule has 2 nitrogen and oxygen atoms in total. The van der Waals surface area contributed by atoms with Crippen LogP contribution in [0.15, 0.2) is 24.3 Å². The van der Waals surface area contributed by atoms with E-state index in [4.69, 9.17) is 5.73 Å². The minimum absolute atomic E-state index is 0.302. The third-order valence-corrected chi connectivity index (χ3v) is 3.85. The van der Waals surface area contributed by atoms with Gasteiger partial charge in [0.25, 0.3) is 0 Å². The van der Waals surface area contributed by atoms with Crippen LogP contribution < -0.4 is 5.73 Å². The maximum absolute atomic E-state index is 5.99. The van der Waals surface area contributed by atoms with Crippen LogP contribution >= 0.6 is 0 Å². The maximum atomic E-state index is 5.99. The molecule has 0 amide bonds. The largest absolute Gasteiger partial charge is 0.329 e. The van der Waals surface area contributed by atoms with Gasteiger partial charge >= 0.3 is 0 Å². The molecular weight excluding hydrogens is 232 g/mol. The smallest absolute Gasteiger partial charge is 0.0467 e. The molecule has 0 heterocycles. The minimum atomic E-state index is 0.302. The number of likely N-dealkylation sites (N-methyl/N-ethyl adjacent to an activating group) is 1. The van der Waals surface area contributed by atoms with Crippen molar-refractivity contribution in [1.82, 2.24) is 4.90 Å². The van der Waals surface area contributed by atoms with Crippen molar-refractivity contribution in [2.75, 3.05) is 20.1 Å². The molecule has 2 N–H and O–H groups in total. The Balaban J connectivity index is 2.07. The van der Waals surface area contributed by atoms with Crippen molar-refractivity contribution in [3.05, 3.63) is 35.4 Å². The molecule has 2 heteroatoms. The zero-order chi connectivity index (χ0) is 14.0. The average Bonchev–Trinajstić information content (AvgIpc) is 3.12. The Hall–Kier alpha value is -0.860. The lowest BCUT2D eigenvalue weighted by atomic mass is 9.94. The first-order chi connectivity index (χ1) is 8.90. The third kappa shape index (κ3) is 4.05. The Morgan fingerprint density at radius 1 is 1.21 bits per heavy atom. The lowest BCUT2D eigenvalue weighted by molar-refractivity contribution is 0.176. The van der Waals surface area contributed by atoms with E-state index in [2.05, 4.69) is 57.0 Å². The molecule has 1 fully saturated rings. The molecule has 1 atom stereocenters. The molecule has 1 aromatic carbocycles. The van der Waals surface area contributed by atoms with Gasteiger partial charge < -0.3 is 5.73 Å². The van der Waals surface area contributed by atoms with Gasteiger partial charge in [0.05, 0.1) is 0 Å². The van der Waals surface area contributed by atoms with Crippen molar-refractivity contribution in [2.45, 2.75) is 45.6 Å². The molecule has 106 valence electrons. The van der Waals surface area contributed by atoms with E-state index in [-0.39, 0.29) is 0 Å². The predicted molar refractivity (Wildman–Crippen MR) is 82.3 cm³/mol. The standard InChI is InChI=1S/C17H28N2/c1-17(2,3)12-19(4)16(11-18)15-9-7-14(8-10-15)13-5-6-13/h7-10,13,16H,5-6,11-12,18H2,1-4H3. The summed E-state index contributed by atoms with van der Waals surface area (Å²) in [5.41, 5.74) is 9.14. The third-order valence-electron chi connectivity index (χ3n) is 3.85. The molecule has 1 aliphatic carbocycles. The first-order valence-corrected chi connectivity index (χ1v) is 7.41. The molecule has 0 spiro atoms. The van der Waals surface area contributed by atoms with Crippen LogP contribution in [0.4, 0.5) is 0 Å². The van der Waals surface area contributed by atoms with Crippen LogP contribution in [-0.4, -0.2) is 25.0 Å². The van der Waals surface area contributed by atoms with Gasteiger partial charge in [0.2, 0.25) is 0 Å². The molecule has 0 bridgehead atoms. The first kappa shape index (κ1) is 14.5. The van der Waals surface area contributed by atoms with Crippen molar-refractivity contribution < 1.29 is 0 Å². The van der Waals surface area contributed by atoms with E-state index in [0.29, 0.717) is 18.0 Å². The Morgan fingerprint density at radius 3 is 2.21 bits per heavy atom. The number of rotatable bonds is 5. The highest BCUT2D eigenvalue weighted by atomic mass is 15.1. The summed E-state index contributed by atoms with van der Waals surface area (Å²) < 4.78 is 0. The minimum Gasteiger partial charge on any atom is -0.329 e. The van der Waals surface area contributed by atoms with E-state index in [9.17, 15) is 0 Å². The number of nitrogens with two attached hydrogens (primary N) is 1. The SMILES string of the molecule is CN(CC(C)(C)C)C(CN)c1ccc(C2CC2)cc1. The molecular formula is C17H28N2. The molecule has 1 aliphatic rings. The van der Waals surface area contributed by atoms with Crippen LogP contribution in [0, 0.1) is 5.41 Å². The molecule has 0 aliphatic heterocycles. The summed E-state index contributed by atoms with van der Waals surface area (Å²) in [6.07, 6.45) is 2.73.